The molecule has 0 amide bonds. The van der Waals surface area contributed by atoms with Crippen LogP contribution < -0.4 is 10.6 Å². The second kappa shape index (κ2) is 5.89. The Bertz CT molecular complexity index is 366. The smallest absolute Gasteiger partial charge is 0.173 e. The van der Waals surface area contributed by atoms with Crippen LogP contribution in [0.25, 0.3) is 0 Å². The van der Waals surface area contributed by atoms with Crippen LogP contribution >= 0.6 is 0 Å². The number of nitrogens with zero attached hydrogens (tertiary/aromatic N) is 4. The Morgan fingerprint density at radius 1 is 1.56 bits per heavy atom. The van der Waals surface area contributed by atoms with Gasteiger partial charge in [0.2, 0.25) is 0 Å². The van der Waals surface area contributed by atoms with Gasteiger partial charge in [0, 0.05) is 13.1 Å². The Labute approximate surface area is 94.8 Å². The summed E-state index contributed by atoms with van der Waals surface area (Å²) >= 11 is 0. The lowest BCUT2D eigenvalue weighted by Crippen LogP contribution is -2.28. The highest BCUT2D eigenvalue weighted by Crippen LogP contribution is 2.15. The maximum absolute atomic E-state index is 8.69. The summed E-state index contributed by atoms with van der Waals surface area (Å²) in [6.07, 6.45) is 2.52. The molecule has 0 radical (unpaired) electrons. The molecule has 0 saturated carbocycles. The van der Waals surface area contributed by atoms with Gasteiger partial charge in [-0.1, -0.05) is 12.1 Å². The second-order valence-electron chi connectivity index (χ2n) is 3.33. The van der Waals surface area contributed by atoms with Crippen LogP contribution in [0.3, 0.4) is 0 Å². The largest absolute Gasteiger partial charge is 0.409 e. The molecule has 88 valence electrons. The maximum Gasteiger partial charge on any atom is 0.173 e. The molecular weight excluding hydrogens is 206 g/mol. The third-order valence-electron chi connectivity index (χ3n) is 2.26. The summed E-state index contributed by atoms with van der Waals surface area (Å²) < 4.78 is 0. The van der Waals surface area contributed by atoms with Crippen molar-refractivity contribution in [3.8, 4) is 0 Å². The van der Waals surface area contributed by atoms with E-state index in [1.807, 2.05) is 11.8 Å². The van der Waals surface area contributed by atoms with Crippen molar-refractivity contribution in [3.05, 3.63) is 17.8 Å². The van der Waals surface area contributed by atoms with E-state index in [2.05, 4.69) is 22.3 Å². The second-order valence-corrected chi connectivity index (χ2v) is 3.33. The van der Waals surface area contributed by atoms with Gasteiger partial charge in [0.05, 0.1) is 11.8 Å². The van der Waals surface area contributed by atoms with Crippen LogP contribution in [0.15, 0.2) is 17.4 Å². The molecule has 1 aromatic rings. The van der Waals surface area contributed by atoms with Crippen LogP contribution in [0.2, 0.25) is 0 Å². The number of amidine groups is 1. The van der Waals surface area contributed by atoms with Gasteiger partial charge in [-0.25, -0.2) is 0 Å². The SMILES string of the molecule is CCCN(CC)c1nnccc1/C(N)=N/O. The Morgan fingerprint density at radius 3 is 2.88 bits per heavy atom. The van der Waals surface area contributed by atoms with Crippen LogP contribution in [0, 0.1) is 0 Å². The third-order valence-corrected chi connectivity index (χ3v) is 2.26. The fraction of sp³-hybridized carbons (Fsp3) is 0.500. The van der Waals surface area contributed by atoms with Gasteiger partial charge >= 0.3 is 0 Å². The standard InChI is InChI=1S/C10H17N5O/c1-3-7-15(4-2)10-8(9(11)14-16)5-6-12-13-10/h5-6,16H,3-4,7H2,1-2H3,(H2,11,14). The molecule has 0 fully saturated rings. The zero-order valence-corrected chi connectivity index (χ0v) is 9.59. The molecule has 0 aromatic carbocycles. The van der Waals surface area contributed by atoms with Crippen molar-refractivity contribution in [1.29, 1.82) is 0 Å². The van der Waals surface area contributed by atoms with E-state index in [1.165, 1.54) is 6.20 Å². The topological polar surface area (TPSA) is 87.6 Å². The molecule has 3 N–H and O–H groups in total. The minimum atomic E-state index is 0.0550. The highest BCUT2D eigenvalue weighted by molar-refractivity contribution is 6.01. The normalized spacial score (nSPS) is 11.5. The average molecular weight is 223 g/mol. The molecule has 0 saturated heterocycles. The number of hydrogen-bond donors (Lipinski definition) is 2. The van der Waals surface area contributed by atoms with Crippen LogP contribution in [0.4, 0.5) is 5.82 Å². The molecule has 0 aliphatic heterocycles. The molecule has 0 atom stereocenters. The fourth-order valence-electron chi connectivity index (χ4n) is 1.50. The molecule has 6 heteroatoms. The summed E-state index contributed by atoms with van der Waals surface area (Å²) in [6.45, 7) is 5.78. The lowest BCUT2D eigenvalue weighted by molar-refractivity contribution is 0.318. The Kier molecular flexibility index (Phi) is 4.50. The summed E-state index contributed by atoms with van der Waals surface area (Å²) in [7, 11) is 0. The number of anilines is 1. The molecule has 1 aromatic heterocycles. The quantitative estimate of drug-likeness (QED) is 0.334. The highest BCUT2D eigenvalue weighted by Gasteiger charge is 2.13. The molecular formula is C10H17N5O. The van der Waals surface area contributed by atoms with E-state index in [9.17, 15) is 0 Å². The van der Waals surface area contributed by atoms with Crippen LogP contribution in [-0.2, 0) is 0 Å². The molecule has 6 nitrogen and oxygen atoms in total. The van der Waals surface area contributed by atoms with Gasteiger partial charge < -0.3 is 15.8 Å². The Balaban J connectivity index is 3.10. The highest BCUT2D eigenvalue weighted by atomic mass is 16.4. The molecule has 16 heavy (non-hydrogen) atoms. The molecule has 1 rings (SSSR count). The van der Waals surface area contributed by atoms with Crippen LogP contribution in [-0.4, -0.2) is 34.3 Å². The number of aromatic nitrogens is 2. The summed E-state index contributed by atoms with van der Waals surface area (Å²) in [5.74, 6) is 0.710. The number of rotatable bonds is 5. The van der Waals surface area contributed by atoms with Gasteiger partial charge in [-0.3, -0.25) is 0 Å². The maximum atomic E-state index is 8.69. The van der Waals surface area contributed by atoms with Gasteiger partial charge in [0.15, 0.2) is 11.7 Å². The number of hydrogen-bond acceptors (Lipinski definition) is 5. The zero-order chi connectivity index (χ0) is 12.0. The van der Waals surface area contributed by atoms with Crippen molar-refractivity contribution in [2.24, 2.45) is 10.9 Å². The lowest BCUT2D eigenvalue weighted by Gasteiger charge is -2.22. The first-order chi connectivity index (χ1) is 7.74. The first kappa shape index (κ1) is 12.2. The van der Waals surface area contributed by atoms with E-state index < -0.39 is 0 Å². The van der Waals surface area contributed by atoms with Crippen molar-refractivity contribution < 1.29 is 5.21 Å². The first-order valence-corrected chi connectivity index (χ1v) is 5.29. The monoisotopic (exact) mass is 223 g/mol. The van der Waals surface area contributed by atoms with Crippen molar-refractivity contribution in [1.82, 2.24) is 10.2 Å². The minimum absolute atomic E-state index is 0.0550. The van der Waals surface area contributed by atoms with Crippen molar-refractivity contribution >= 4 is 11.7 Å². The van der Waals surface area contributed by atoms with Crippen molar-refractivity contribution in [3.63, 3.8) is 0 Å². The predicted molar refractivity (Wildman–Crippen MR) is 62.7 cm³/mol. The van der Waals surface area contributed by atoms with E-state index in [-0.39, 0.29) is 5.84 Å². The zero-order valence-electron chi connectivity index (χ0n) is 9.59. The van der Waals surface area contributed by atoms with Gasteiger partial charge in [-0.05, 0) is 19.4 Å². The first-order valence-electron chi connectivity index (χ1n) is 5.29. The van der Waals surface area contributed by atoms with Gasteiger partial charge in [0.1, 0.15) is 0 Å². The Hall–Kier alpha value is -1.85. The van der Waals surface area contributed by atoms with E-state index in [0.29, 0.717) is 11.4 Å². The van der Waals surface area contributed by atoms with E-state index in [0.717, 1.165) is 19.5 Å². The number of oxime groups is 1. The summed E-state index contributed by atoms with van der Waals surface area (Å²) in [5.41, 5.74) is 6.19. The molecule has 0 aliphatic rings. The molecule has 0 unspecified atom stereocenters. The van der Waals surface area contributed by atoms with Gasteiger partial charge in [-0.2, -0.15) is 5.10 Å². The van der Waals surface area contributed by atoms with E-state index in [4.69, 9.17) is 10.9 Å². The average Bonchev–Trinajstić information content (AvgIpc) is 2.35. The molecule has 0 bridgehead atoms. The third kappa shape index (κ3) is 2.59. The van der Waals surface area contributed by atoms with Crippen LogP contribution in [0.5, 0.6) is 0 Å². The van der Waals surface area contributed by atoms with E-state index in [1.54, 1.807) is 6.07 Å². The van der Waals surface area contributed by atoms with Crippen LogP contribution in [0.1, 0.15) is 25.8 Å². The Morgan fingerprint density at radius 2 is 2.31 bits per heavy atom. The summed E-state index contributed by atoms with van der Waals surface area (Å²) in [4.78, 5) is 2.04. The molecule has 1 heterocycles. The molecule has 0 aliphatic carbocycles. The molecule has 0 spiro atoms. The van der Waals surface area contributed by atoms with Crippen molar-refractivity contribution in [2.75, 3.05) is 18.0 Å². The van der Waals surface area contributed by atoms with Crippen molar-refractivity contribution in [2.45, 2.75) is 20.3 Å². The fourth-order valence-corrected chi connectivity index (χ4v) is 1.50. The minimum Gasteiger partial charge on any atom is -0.409 e. The lowest BCUT2D eigenvalue weighted by atomic mass is 10.2. The summed E-state index contributed by atoms with van der Waals surface area (Å²) in [5, 5.41) is 19.6. The van der Waals surface area contributed by atoms with Gasteiger partial charge in [-0.15, -0.1) is 5.10 Å². The number of nitrogens with two attached hydrogens (primary N) is 1. The van der Waals surface area contributed by atoms with Gasteiger partial charge in [0.25, 0.3) is 0 Å². The predicted octanol–water partition coefficient (Wildman–Crippen LogP) is 0.807. The summed E-state index contributed by atoms with van der Waals surface area (Å²) in [6, 6.07) is 1.69. The van der Waals surface area contributed by atoms with E-state index >= 15 is 0 Å².